The van der Waals surface area contributed by atoms with Crippen LogP contribution in [0.3, 0.4) is 0 Å². The van der Waals surface area contributed by atoms with Gasteiger partial charge in [0.25, 0.3) is 0 Å². The van der Waals surface area contributed by atoms with Crippen LogP contribution in [0, 0.1) is 0 Å². The molecule has 0 bridgehead atoms. The fourth-order valence-corrected chi connectivity index (χ4v) is 3.00. The average molecular weight is 309 g/mol. The molecule has 0 unspecified atom stereocenters. The van der Waals surface area contributed by atoms with Crippen LogP contribution in [-0.2, 0) is 14.9 Å². The second kappa shape index (κ2) is 6.07. The summed E-state index contributed by atoms with van der Waals surface area (Å²) in [5.74, 6) is -0.114. The normalized spacial score (nSPS) is 15.1. The smallest absolute Gasteiger partial charge is 0.316 e. The predicted molar refractivity (Wildman–Crippen MR) is 93.8 cm³/mol. The zero-order valence-corrected chi connectivity index (χ0v) is 14.0. The minimum Gasteiger partial charge on any atom is -0.468 e. The summed E-state index contributed by atoms with van der Waals surface area (Å²) in [6.07, 6.45) is 1.77. The molecule has 0 aromatic heterocycles. The lowest BCUT2D eigenvalue weighted by molar-refractivity contribution is -0.143. The van der Waals surface area contributed by atoms with E-state index in [9.17, 15) is 4.79 Å². The van der Waals surface area contributed by atoms with Gasteiger partial charge in [-0.25, -0.2) is 0 Å². The Hall–Kier alpha value is -2.29. The van der Waals surface area contributed by atoms with Gasteiger partial charge in [-0.15, -0.1) is 0 Å². The van der Waals surface area contributed by atoms with Gasteiger partial charge in [-0.1, -0.05) is 36.4 Å². The molecule has 1 fully saturated rings. The van der Waals surface area contributed by atoms with Gasteiger partial charge in [0.1, 0.15) is 0 Å². The molecule has 23 heavy (non-hydrogen) atoms. The van der Waals surface area contributed by atoms with Crippen molar-refractivity contribution >= 4 is 11.7 Å². The lowest BCUT2D eigenvalue weighted by Crippen LogP contribution is -2.21. The molecule has 1 aliphatic rings. The van der Waals surface area contributed by atoms with Crippen LogP contribution in [0.25, 0.3) is 11.1 Å². The van der Waals surface area contributed by atoms with Crippen LogP contribution in [-0.4, -0.2) is 26.7 Å². The van der Waals surface area contributed by atoms with E-state index in [0.29, 0.717) is 0 Å². The molecule has 3 heteroatoms. The molecule has 0 heterocycles. The molecule has 0 saturated heterocycles. The van der Waals surface area contributed by atoms with Gasteiger partial charge >= 0.3 is 5.97 Å². The van der Waals surface area contributed by atoms with Crippen LogP contribution in [0.5, 0.6) is 0 Å². The van der Waals surface area contributed by atoms with Crippen LogP contribution in [0.2, 0.25) is 0 Å². The van der Waals surface area contributed by atoms with Gasteiger partial charge in [-0.3, -0.25) is 4.79 Å². The monoisotopic (exact) mass is 309 g/mol. The molecule has 0 N–H and O–H groups in total. The van der Waals surface area contributed by atoms with E-state index in [0.717, 1.165) is 24.9 Å². The number of hydrogen-bond acceptors (Lipinski definition) is 3. The van der Waals surface area contributed by atoms with Crippen molar-refractivity contribution in [3.05, 3.63) is 54.1 Å². The Morgan fingerprint density at radius 2 is 1.57 bits per heavy atom. The van der Waals surface area contributed by atoms with Crippen LogP contribution in [0.15, 0.2) is 48.5 Å². The van der Waals surface area contributed by atoms with Crippen molar-refractivity contribution < 1.29 is 9.53 Å². The molecule has 120 valence electrons. The quantitative estimate of drug-likeness (QED) is 0.781. The van der Waals surface area contributed by atoms with Gasteiger partial charge in [-0.05, 0) is 48.6 Å². The highest BCUT2D eigenvalue weighted by Crippen LogP contribution is 2.49. The summed E-state index contributed by atoms with van der Waals surface area (Å²) < 4.78 is 4.95. The Kier molecular flexibility index (Phi) is 4.12. The third-order valence-corrected chi connectivity index (χ3v) is 4.88. The highest BCUT2D eigenvalue weighted by atomic mass is 16.5. The molecular weight excluding hydrogens is 286 g/mol. The van der Waals surface area contributed by atoms with Crippen LogP contribution in [0.4, 0.5) is 5.69 Å². The standard InChI is InChI=1S/C20H23NO2/c1-4-21(2)18-11-7-16(8-12-18)15-5-9-17(10-6-15)20(13-14-20)19(22)23-3/h5-12H,4,13-14H2,1-3H3. The van der Waals surface area contributed by atoms with Gasteiger partial charge < -0.3 is 9.64 Å². The summed E-state index contributed by atoms with van der Waals surface area (Å²) in [4.78, 5) is 14.2. The number of esters is 1. The zero-order valence-electron chi connectivity index (χ0n) is 14.0. The fourth-order valence-electron chi connectivity index (χ4n) is 3.00. The van der Waals surface area contributed by atoms with E-state index < -0.39 is 0 Å². The number of benzene rings is 2. The number of anilines is 1. The van der Waals surface area contributed by atoms with E-state index >= 15 is 0 Å². The van der Waals surface area contributed by atoms with Gasteiger partial charge in [-0.2, -0.15) is 0 Å². The third kappa shape index (κ3) is 2.83. The molecule has 2 aromatic carbocycles. The Morgan fingerprint density at radius 1 is 1.04 bits per heavy atom. The average Bonchev–Trinajstić information content (AvgIpc) is 3.42. The molecule has 0 radical (unpaired) electrons. The second-order valence-corrected chi connectivity index (χ2v) is 6.21. The zero-order chi connectivity index (χ0) is 16.4. The number of hydrogen-bond donors (Lipinski definition) is 0. The summed E-state index contributed by atoms with van der Waals surface area (Å²) in [6.45, 7) is 3.13. The number of carbonyl (C=O) groups is 1. The van der Waals surface area contributed by atoms with Gasteiger partial charge in [0.15, 0.2) is 0 Å². The van der Waals surface area contributed by atoms with E-state index in [2.05, 4.69) is 67.4 Å². The van der Waals surface area contributed by atoms with E-state index in [1.807, 2.05) is 0 Å². The van der Waals surface area contributed by atoms with E-state index in [1.165, 1.54) is 23.9 Å². The maximum absolute atomic E-state index is 12.0. The number of nitrogens with zero attached hydrogens (tertiary/aromatic N) is 1. The van der Waals surface area contributed by atoms with Crippen molar-refractivity contribution in [2.45, 2.75) is 25.2 Å². The Bertz CT molecular complexity index is 685. The van der Waals surface area contributed by atoms with E-state index in [4.69, 9.17) is 4.74 Å². The highest BCUT2D eigenvalue weighted by Gasteiger charge is 2.52. The maximum Gasteiger partial charge on any atom is 0.316 e. The topological polar surface area (TPSA) is 29.5 Å². The van der Waals surface area contributed by atoms with Gasteiger partial charge in [0.05, 0.1) is 12.5 Å². The molecular formula is C20H23NO2. The van der Waals surface area contributed by atoms with Gasteiger partial charge in [0, 0.05) is 19.3 Å². The van der Waals surface area contributed by atoms with Crippen molar-refractivity contribution in [1.82, 2.24) is 0 Å². The minimum absolute atomic E-state index is 0.114. The van der Waals surface area contributed by atoms with Crippen molar-refractivity contribution in [2.75, 3.05) is 25.6 Å². The first-order chi connectivity index (χ1) is 11.1. The summed E-state index contributed by atoms with van der Waals surface area (Å²) in [5.41, 5.74) is 4.25. The minimum atomic E-state index is -0.388. The first kappa shape index (κ1) is 15.6. The van der Waals surface area contributed by atoms with Crippen LogP contribution < -0.4 is 4.90 Å². The number of rotatable bonds is 5. The Morgan fingerprint density at radius 3 is 2.00 bits per heavy atom. The molecule has 2 aromatic rings. The SMILES string of the molecule is CCN(C)c1ccc(-c2ccc(C3(C(=O)OC)CC3)cc2)cc1. The summed E-state index contributed by atoms with van der Waals surface area (Å²) >= 11 is 0. The molecule has 0 aliphatic heterocycles. The Balaban J connectivity index is 1.81. The molecule has 0 atom stereocenters. The maximum atomic E-state index is 12.0. The summed E-state index contributed by atoms with van der Waals surface area (Å²) in [5, 5.41) is 0. The van der Waals surface area contributed by atoms with E-state index in [-0.39, 0.29) is 11.4 Å². The Labute approximate surface area is 137 Å². The fraction of sp³-hybridized carbons (Fsp3) is 0.350. The number of ether oxygens (including phenoxy) is 1. The third-order valence-electron chi connectivity index (χ3n) is 4.88. The highest BCUT2D eigenvalue weighted by molar-refractivity contribution is 5.86. The summed E-state index contributed by atoms with van der Waals surface area (Å²) in [7, 11) is 3.55. The molecule has 1 saturated carbocycles. The first-order valence-corrected chi connectivity index (χ1v) is 8.11. The molecule has 0 spiro atoms. The molecule has 0 amide bonds. The molecule has 1 aliphatic carbocycles. The summed E-state index contributed by atoms with van der Waals surface area (Å²) in [6, 6.07) is 16.9. The van der Waals surface area contributed by atoms with Crippen molar-refractivity contribution in [2.24, 2.45) is 0 Å². The molecule has 3 rings (SSSR count). The second-order valence-electron chi connectivity index (χ2n) is 6.21. The van der Waals surface area contributed by atoms with Crippen LogP contribution in [0.1, 0.15) is 25.3 Å². The van der Waals surface area contributed by atoms with Crippen molar-refractivity contribution in [3.63, 3.8) is 0 Å². The van der Waals surface area contributed by atoms with Crippen LogP contribution >= 0.6 is 0 Å². The largest absolute Gasteiger partial charge is 0.468 e. The lowest BCUT2D eigenvalue weighted by Gasteiger charge is -2.17. The number of carbonyl (C=O) groups excluding carboxylic acids is 1. The van der Waals surface area contributed by atoms with Crippen molar-refractivity contribution in [3.8, 4) is 11.1 Å². The first-order valence-electron chi connectivity index (χ1n) is 8.11. The van der Waals surface area contributed by atoms with Gasteiger partial charge in [0.2, 0.25) is 0 Å². The predicted octanol–water partition coefficient (Wildman–Crippen LogP) is 4.01. The van der Waals surface area contributed by atoms with Crippen molar-refractivity contribution in [1.29, 1.82) is 0 Å². The number of methoxy groups -OCH3 is 1. The molecule has 3 nitrogen and oxygen atoms in total. The van der Waals surface area contributed by atoms with E-state index in [1.54, 1.807) is 0 Å². The lowest BCUT2D eigenvalue weighted by atomic mass is 9.94.